The van der Waals surface area contributed by atoms with Crippen molar-refractivity contribution in [3.8, 4) is 0 Å². The Kier molecular flexibility index (Phi) is 3.72. The van der Waals surface area contributed by atoms with Crippen molar-refractivity contribution in [3.63, 3.8) is 0 Å². The number of hydrogen-bond acceptors (Lipinski definition) is 3. The molecule has 0 bridgehead atoms. The first-order valence-electron chi connectivity index (χ1n) is 4.47. The van der Waals surface area contributed by atoms with Gasteiger partial charge in [0.25, 0.3) is 0 Å². The van der Waals surface area contributed by atoms with E-state index < -0.39 is 0 Å². The Morgan fingerprint density at radius 2 is 2.17 bits per heavy atom. The second-order valence-corrected chi connectivity index (χ2v) is 3.40. The number of nitrogens with two attached hydrogens (primary N) is 2. The standard InChI is InChI=1S/C9H18N2O/c1-2-5-12-9-6-7(10)3-4-8(9)11/h2,7-9H,1,3-6,10-11H2. The van der Waals surface area contributed by atoms with Crippen LogP contribution in [0.15, 0.2) is 12.7 Å². The molecule has 0 heterocycles. The van der Waals surface area contributed by atoms with Crippen molar-refractivity contribution in [1.29, 1.82) is 0 Å². The minimum atomic E-state index is 0.131. The van der Waals surface area contributed by atoms with Gasteiger partial charge in [-0.1, -0.05) is 6.08 Å². The van der Waals surface area contributed by atoms with E-state index in [9.17, 15) is 0 Å². The quantitative estimate of drug-likeness (QED) is 0.602. The minimum Gasteiger partial charge on any atom is -0.373 e. The lowest BCUT2D eigenvalue weighted by atomic mass is 9.90. The average molecular weight is 170 g/mol. The molecule has 3 atom stereocenters. The molecular formula is C9H18N2O. The van der Waals surface area contributed by atoms with Gasteiger partial charge in [-0.3, -0.25) is 0 Å². The van der Waals surface area contributed by atoms with E-state index in [1.807, 2.05) is 0 Å². The summed E-state index contributed by atoms with van der Waals surface area (Å²) < 4.78 is 5.49. The second-order valence-electron chi connectivity index (χ2n) is 3.40. The van der Waals surface area contributed by atoms with E-state index in [4.69, 9.17) is 16.2 Å². The zero-order chi connectivity index (χ0) is 8.97. The van der Waals surface area contributed by atoms with Gasteiger partial charge in [0.1, 0.15) is 0 Å². The molecule has 3 unspecified atom stereocenters. The first-order chi connectivity index (χ1) is 5.74. The third kappa shape index (κ3) is 2.59. The summed E-state index contributed by atoms with van der Waals surface area (Å²) in [6.07, 6.45) is 4.76. The molecule has 1 fully saturated rings. The Labute approximate surface area is 73.8 Å². The van der Waals surface area contributed by atoms with Crippen LogP contribution in [0.25, 0.3) is 0 Å². The van der Waals surface area contributed by atoms with Crippen LogP contribution in [0, 0.1) is 0 Å². The molecule has 0 amide bonds. The van der Waals surface area contributed by atoms with Gasteiger partial charge in [0.15, 0.2) is 0 Å². The van der Waals surface area contributed by atoms with Crippen LogP contribution in [-0.2, 0) is 4.74 Å². The van der Waals surface area contributed by atoms with Gasteiger partial charge in [-0.2, -0.15) is 0 Å². The molecule has 1 aliphatic carbocycles. The van der Waals surface area contributed by atoms with Crippen LogP contribution in [0.1, 0.15) is 19.3 Å². The fourth-order valence-electron chi connectivity index (χ4n) is 1.57. The molecule has 1 saturated carbocycles. The number of rotatable bonds is 3. The fourth-order valence-corrected chi connectivity index (χ4v) is 1.57. The highest BCUT2D eigenvalue weighted by atomic mass is 16.5. The highest BCUT2D eigenvalue weighted by Gasteiger charge is 2.26. The third-order valence-corrected chi connectivity index (χ3v) is 2.31. The zero-order valence-corrected chi connectivity index (χ0v) is 7.41. The Balaban J connectivity index is 2.32. The van der Waals surface area contributed by atoms with Crippen molar-refractivity contribution in [1.82, 2.24) is 0 Å². The maximum Gasteiger partial charge on any atom is 0.0744 e. The molecule has 0 saturated heterocycles. The molecular weight excluding hydrogens is 152 g/mol. The molecule has 3 nitrogen and oxygen atoms in total. The summed E-state index contributed by atoms with van der Waals surface area (Å²) in [7, 11) is 0. The second kappa shape index (κ2) is 4.60. The Bertz CT molecular complexity index is 149. The maximum absolute atomic E-state index is 5.87. The van der Waals surface area contributed by atoms with Crippen LogP contribution < -0.4 is 11.5 Å². The topological polar surface area (TPSA) is 61.3 Å². The molecule has 70 valence electrons. The predicted octanol–water partition coefficient (Wildman–Crippen LogP) is 0.396. The van der Waals surface area contributed by atoms with Gasteiger partial charge in [-0.15, -0.1) is 6.58 Å². The van der Waals surface area contributed by atoms with E-state index in [0.717, 1.165) is 19.3 Å². The van der Waals surface area contributed by atoms with E-state index in [2.05, 4.69) is 6.58 Å². The normalized spacial score (nSPS) is 36.3. The third-order valence-electron chi connectivity index (χ3n) is 2.31. The lowest BCUT2D eigenvalue weighted by Crippen LogP contribution is -2.46. The van der Waals surface area contributed by atoms with E-state index in [1.54, 1.807) is 6.08 Å². The number of hydrogen-bond donors (Lipinski definition) is 2. The number of ether oxygens (including phenoxy) is 1. The Morgan fingerprint density at radius 1 is 1.42 bits per heavy atom. The van der Waals surface area contributed by atoms with Crippen molar-refractivity contribution in [2.24, 2.45) is 11.5 Å². The zero-order valence-electron chi connectivity index (χ0n) is 7.41. The highest BCUT2D eigenvalue weighted by Crippen LogP contribution is 2.18. The smallest absolute Gasteiger partial charge is 0.0744 e. The largest absolute Gasteiger partial charge is 0.373 e. The van der Waals surface area contributed by atoms with Gasteiger partial charge < -0.3 is 16.2 Å². The molecule has 0 radical (unpaired) electrons. The summed E-state index contributed by atoms with van der Waals surface area (Å²) in [5.74, 6) is 0. The van der Waals surface area contributed by atoms with Crippen LogP contribution in [0.3, 0.4) is 0 Å². The summed E-state index contributed by atoms with van der Waals surface area (Å²) in [4.78, 5) is 0. The fraction of sp³-hybridized carbons (Fsp3) is 0.778. The van der Waals surface area contributed by atoms with Gasteiger partial charge in [0, 0.05) is 12.1 Å². The highest BCUT2D eigenvalue weighted by molar-refractivity contribution is 4.85. The van der Waals surface area contributed by atoms with E-state index in [-0.39, 0.29) is 18.2 Å². The molecule has 12 heavy (non-hydrogen) atoms. The van der Waals surface area contributed by atoms with Gasteiger partial charge in [0.05, 0.1) is 12.7 Å². The predicted molar refractivity (Wildman–Crippen MR) is 49.7 cm³/mol. The van der Waals surface area contributed by atoms with Crippen molar-refractivity contribution in [2.75, 3.05) is 6.61 Å². The van der Waals surface area contributed by atoms with Crippen LogP contribution >= 0.6 is 0 Å². The summed E-state index contributed by atoms with van der Waals surface area (Å²) in [6, 6.07) is 0.421. The SMILES string of the molecule is C=CCOC1CC(N)CCC1N. The van der Waals surface area contributed by atoms with Crippen molar-refractivity contribution < 1.29 is 4.74 Å². The van der Waals surface area contributed by atoms with Gasteiger partial charge in [-0.05, 0) is 19.3 Å². The van der Waals surface area contributed by atoms with E-state index >= 15 is 0 Å². The van der Waals surface area contributed by atoms with E-state index in [1.165, 1.54) is 0 Å². The molecule has 0 aromatic carbocycles. The van der Waals surface area contributed by atoms with Crippen molar-refractivity contribution in [2.45, 2.75) is 37.5 Å². The van der Waals surface area contributed by atoms with Crippen molar-refractivity contribution in [3.05, 3.63) is 12.7 Å². The molecule has 3 heteroatoms. The molecule has 1 rings (SSSR count). The van der Waals surface area contributed by atoms with Gasteiger partial charge in [-0.25, -0.2) is 0 Å². The minimum absolute atomic E-state index is 0.131. The summed E-state index contributed by atoms with van der Waals surface area (Å²) in [6.45, 7) is 4.17. The molecule has 4 N–H and O–H groups in total. The molecule has 1 aliphatic rings. The van der Waals surface area contributed by atoms with Crippen molar-refractivity contribution >= 4 is 0 Å². The summed E-state index contributed by atoms with van der Waals surface area (Å²) in [5.41, 5.74) is 11.7. The molecule has 0 aliphatic heterocycles. The Morgan fingerprint density at radius 3 is 2.83 bits per heavy atom. The van der Waals surface area contributed by atoms with E-state index in [0.29, 0.717) is 6.61 Å². The lowest BCUT2D eigenvalue weighted by molar-refractivity contribution is 0.0265. The Hall–Kier alpha value is -0.380. The van der Waals surface area contributed by atoms with Crippen LogP contribution in [-0.4, -0.2) is 24.8 Å². The van der Waals surface area contributed by atoms with Gasteiger partial charge in [0.2, 0.25) is 0 Å². The summed E-state index contributed by atoms with van der Waals surface area (Å²) >= 11 is 0. The molecule has 0 aromatic heterocycles. The lowest BCUT2D eigenvalue weighted by Gasteiger charge is -2.31. The maximum atomic E-state index is 5.87. The average Bonchev–Trinajstić information content (AvgIpc) is 2.07. The van der Waals surface area contributed by atoms with Crippen LogP contribution in [0.4, 0.5) is 0 Å². The first kappa shape index (κ1) is 9.71. The van der Waals surface area contributed by atoms with Gasteiger partial charge >= 0.3 is 0 Å². The van der Waals surface area contributed by atoms with Crippen LogP contribution in [0.5, 0.6) is 0 Å². The molecule has 0 spiro atoms. The van der Waals surface area contributed by atoms with Crippen LogP contribution in [0.2, 0.25) is 0 Å². The molecule has 0 aromatic rings. The monoisotopic (exact) mass is 170 g/mol. The first-order valence-corrected chi connectivity index (χ1v) is 4.47. The summed E-state index contributed by atoms with van der Waals surface area (Å²) in [5, 5.41) is 0.